The maximum atomic E-state index is 5.38. The number of anilines is 1. The third-order valence-corrected chi connectivity index (χ3v) is 3.64. The minimum absolute atomic E-state index is 0.141. The highest BCUT2D eigenvalue weighted by molar-refractivity contribution is 5.77. The second kappa shape index (κ2) is 6.23. The molecule has 1 heterocycles. The van der Waals surface area contributed by atoms with E-state index in [0.29, 0.717) is 0 Å². The van der Waals surface area contributed by atoms with Crippen LogP contribution in [0, 0.1) is 19.4 Å². The molecule has 1 atom stereocenters. The lowest BCUT2D eigenvalue weighted by molar-refractivity contribution is 0.539. The first-order valence-corrected chi connectivity index (χ1v) is 6.93. The average molecular weight is 279 g/mol. The first-order chi connectivity index (χ1) is 10.0. The number of allylic oxidation sites excluding steroid dienone is 1. The number of rotatable bonds is 4. The molecule has 1 aliphatic heterocycles. The largest absolute Gasteiger partial charge is 0.377 e. The van der Waals surface area contributed by atoms with E-state index in [9.17, 15) is 0 Å². The Kier molecular flexibility index (Phi) is 4.39. The molecule has 2 rings (SSSR count). The molecule has 1 fully saturated rings. The Labute approximate surface area is 126 Å². The fourth-order valence-electron chi connectivity index (χ4n) is 2.47. The number of aryl methyl sites for hydroxylation is 1. The minimum Gasteiger partial charge on any atom is -0.377 e. The van der Waals surface area contributed by atoms with E-state index in [-0.39, 0.29) is 6.04 Å². The summed E-state index contributed by atoms with van der Waals surface area (Å²) in [5, 5.41) is 9.58. The maximum Gasteiger partial charge on any atom is 0.0660 e. The number of hydrogen-bond donors (Lipinski definition) is 3. The topological polar surface area (TPSA) is 36.1 Å². The Bertz CT molecular complexity index is 634. The fourth-order valence-corrected chi connectivity index (χ4v) is 2.47. The van der Waals surface area contributed by atoms with Crippen molar-refractivity contribution in [2.75, 3.05) is 5.32 Å². The second-order valence-electron chi connectivity index (χ2n) is 5.23. The summed E-state index contributed by atoms with van der Waals surface area (Å²) >= 11 is 0. The summed E-state index contributed by atoms with van der Waals surface area (Å²) in [5.41, 5.74) is 5.74. The number of terminal acetylenes is 1. The van der Waals surface area contributed by atoms with Crippen LogP contribution in [0.25, 0.3) is 5.70 Å². The van der Waals surface area contributed by atoms with Crippen molar-refractivity contribution in [3.05, 3.63) is 60.5 Å². The van der Waals surface area contributed by atoms with Crippen LogP contribution in [0.3, 0.4) is 0 Å². The van der Waals surface area contributed by atoms with Gasteiger partial charge in [-0.2, -0.15) is 0 Å². The van der Waals surface area contributed by atoms with E-state index in [0.717, 1.165) is 46.7 Å². The summed E-state index contributed by atoms with van der Waals surface area (Å²) in [6, 6.07) is 8.63. The third-order valence-electron chi connectivity index (χ3n) is 3.64. The van der Waals surface area contributed by atoms with Gasteiger partial charge in [-0.05, 0) is 25.3 Å². The van der Waals surface area contributed by atoms with Crippen molar-refractivity contribution < 1.29 is 0 Å². The second-order valence-corrected chi connectivity index (χ2v) is 5.23. The monoisotopic (exact) mass is 279 g/mol. The molecule has 0 radical (unpaired) electrons. The predicted octanol–water partition coefficient (Wildman–Crippen LogP) is 3.34. The van der Waals surface area contributed by atoms with Crippen LogP contribution in [0.5, 0.6) is 0 Å². The van der Waals surface area contributed by atoms with Crippen LogP contribution in [0.15, 0.2) is 49.3 Å². The molecule has 3 heteroatoms. The molecule has 0 aliphatic carbocycles. The Morgan fingerprint density at radius 2 is 2.19 bits per heavy atom. The standard InChI is InChI=1S/C18H21N3/c1-6-19-18-12(2)8-7-9-16(18)14(4)21-17-11-10-13(3)20-15(17)5/h1,7-9,17,19-21H,3-5,10-11H2,2H3. The van der Waals surface area contributed by atoms with Crippen LogP contribution in [-0.4, -0.2) is 6.04 Å². The molecule has 3 nitrogen and oxygen atoms in total. The van der Waals surface area contributed by atoms with Crippen LogP contribution >= 0.6 is 0 Å². The molecule has 1 unspecified atom stereocenters. The van der Waals surface area contributed by atoms with Gasteiger partial charge in [-0.25, -0.2) is 0 Å². The van der Waals surface area contributed by atoms with Gasteiger partial charge in [-0.3, -0.25) is 0 Å². The summed E-state index contributed by atoms with van der Waals surface area (Å²) in [6.07, 6.45) is 7.25. The van der Waals surface area contributed by atoms with E-state index in [2.05, 4.69) is 41.7 Å². The van der Waals surface area contributed by atoms with E-state index in [1.807, 2.05) is 25.1 Å². The number of para-hydroxylation sites is 1. The zero-order chi connectivity index (χ0) is 15.4. The lowest BCUT2D eigenvalue weighted by Gasteiger charge is -2.30. The Balaban J connectivity index is 2.18. The highest BCUT2D eigenvalue weighted by Crippen LogP contribution is 2.27. The lowest BCUT2D eigenvalue weighted by atomic mass is 10.00. The van der Waals surface area contributed by atoms with E-state index < -0.39 is 0 Å². The zero-order valence-electron chi connectivity index (χ0n) is 12.4. The van der Waals surface area contributed by atoms with Crippen molar-refractivity contribution in [1.82, 2.24) is 10.6 Å². The Hall–Kier alpha value is -2.60. The predicted molar refractivity (Wildman–Crippen MR) is 90.2 cm³/mol. The highest BCUT2D eigenvalue weighted by Gasteiger charge is 2.20. The van der Waals surface area contributed by atoms with Gasteiger partial charge in [0.25, 0.3) is 0 Å². The lowest BCUT2D eigenvalue weighted by Crippen LogP contribution is -2.38. The fraction of sp³-hybridized carbons (Fsp3) is 0.222. The molecule has 0 bridgehead atoms. The van der Waals surface area contributed by atoms with Crippen LogP contribution < -0.4 is 16.0 Å². The van der Waals surface area contributed by atoms with Gasteiger partial charge in [0.2, 0.25) is 0 Å². The minimum atomic E-state index is 0.141. The van der Waals surface area contributed by atoms with Gasteiger partial charge in [-0.1, -0.05) is 44.4 Å². The van der Waals surface area contributed by atoms with Gasteiger partial charge >= 0.3 is 0 Å². The highest BCUT2D eigenvalue weighted by atomic mass is 15.0. The smallest absolute Gasteiger partial charge is 0.0660 e. The summed E-state index contributed by atoms with van der Waals surface area (Å²) in [5.74, 6) is 0. The maximum absolute atomic E-state index is 5.38. The molecule has 0 aromatic heterocycles. The number of benzene rings is 1. The molecule has 1 aromatic rings. The van der Waals surface area contributed by atoms with Gasteiger partial charge < -0.3 is 16.0 Å². The summed E-state index contributed by atoms with van der Waals surface area (Å²) in [4.78, 5) is 0. The third kappa shape index (κ3) is 3.29. The first-order valence-electron chi connectivity index (χ1n) is 6.93. The molecule has 21 heavy (non-hydrogen) atoms. The van der Waals surface area contributed by atoms with Crippen LogP contribution in [-0.2, 0) is 0 Å². The van der Waals surface area contributed by atoms with Gasteiger partial charge in [0, 0.05) is 28.7 Å². The molecular formula is C18H21N3. The Morgan fingerprint density at radius 3 is 2.86 bits per heavy atom. The number of hydrogen-bond acceptors (Lipinski definition) is 3. The molecular weight excluding hydrogens is 258 g/mol. The summed E-state index contributed by atoms with van der Waals surface area (Å²) < 4.78 is 0. The van der Waals surface area contributed by atoms with E-state index in [4.69, 9.17) is 6.42 Å². The summed E-state index contributed by atoms with van der Waals surface area (Å²) in [6.45, 7) is 14.1. The van der Waals surface area contributed by atoms with Gasteiger partial charge in [-0.15, -0.1) is 0 Å². The van der Waals surface area contributed by atoms with Gasteiger partial charge in [0.1, 0.15) is 0 Å². The molecule has 0 spiro atoms. The van der Waals surface area contributed by atoms with Crippen molar-refractivity contribution in [3.63, 3.8) is 0 Å². The van der Waals surface area contributed by atoms with E-state index in [1.165, 1.54) is 0 Å². The molecule has 1 saturated heterocycles. The van der Waals surface area contributed by atoms with E-state index >= 15 is 0 Å². The SMILES string of the molecule is C#CNc1c(C)cccc1C(=C)NC1CCC(=C)NC1=C. The molecule has 108 valence electrons. The van der Waals surface area contributed by atoms with Crippen molar-refractivity contribution in [3.8, 4) is 12.5 Å². The van der Waals surface area contributed by atoms with Crippen LogP contribution in [0.2, 0.25) is 0 Å². The van der Waals surface area contributed by atoms with Crippen LogP contribution in [0.4, 0.5) is 5.69 Å². The zero-order valence-corrected chi connectivity index (χ0v) is 12.4. The quantitative estimate of drug-likeness (QED) is 0.584. The number of piperidine rings is 1. The van der Waals surface area contributed by atoms with Crippen molar-refractivity contribution in [2.45, 2.75) is 25.8 Å². The average Bonchev–Trinajstić information content (AvgIpc) is 2.44. The van der Waals surface area contributed by atoms with Gasteiger partial charge in [0.15, 0.2) is 0 Å². The van der Waals surface area contributed by atoms with Crippen molar-refractivity contribution in [2.24, 2.45) is 0 Å². The summed E-state index contributed by atoms with van der Waals surface area (Å²) in [7, 11) is 0. The number of nitrogens with one attached hydrogen (secondary N) is 3. The molecule has 0 saturated carbocycles. The molecule has 3 N–H and O–H groups in total. The van der Waals surface area contributed by atoms with Crippen molar-refractivity contribution >= 4 is 11.4 Å². The van der Waals surface area contributed by atoms with Crippen LogP contribution in [0.1, 0.15) is 24.0 Å². The van der Waals surface area contributed by atoms with E-state index in [1.54, 1.807) is 0 Å². The molecule has 0 amide bonds. The van der Waals surface area contributed by atoms with Crippen molar-refractivity contribution in [1.29, 1.82) is 0 Å². The normalized spacial score (nSPS) is 17.6. The molecule has 1 aliphatic rings. The van der Waals surface area contributed by atoms with Gasteiger partial charge in [0.05, 0.1) is 11.7 Å². The first kappa shape index (κ1) is 14.8. The Morgan fingerprint density at radius 1 is 1.43 bits per heavy atom. The molecule has 1 aromatic carbocycles.